The number of rotatable bonds is 5. The summed E-state index contributed by atoms with van der Waals surface area (Å²) >= 11 is 1.31. The van der Waals surface area contributed by atoms with E-state index in [-0.39, 0.29) is 17.3 Å². The van der Waals surface area contributed by atoms with Crippen molar-refractivity contribution in [1.82, 2.24) is 14.5 Å². The predicted octanol–water partition coefficient (Wildman–Crippen LogP) is 6.06. The Morgan fingerprint density at radius 3 is 2.42 bits per heavy atom. The molecular weight excluding hydrogens is 473 g/mol. The number of likely N-dealkylation sites (tertiary alicyclic amines) is 1. The van der Waals surface area contributed by atoms with Crippen LogP contribution in [-0.2, 0) is 5.75 Å². The fourth-order valence-electron chi connectivity index (χ4n) is 4.74. The van der Waals surface area contributed by atoms with E-state index < -0.39 is 0 Å². The third kappa shape index (κ3) is 4.93. The Labute approximate surface area is 214 Å². The first-order valence-corrected chi connectivity index (χ1v) is 13.2. The first-order chi connectivity index (χ1) is 17.4. The molecule has 2 heterocycles. The van der Waals surface area contributed by atoms with Crippen molar-refractivity contribution in [3.05, 3.63) is 99.1 Å². The number of benzene rings is 3. The molecule has 0 unspecified atom stereocenters. The number of hydrogen-bond donors (Lipinski definition) is 0. The van der Waals surface area contributed by atoms with Gasteiger partial charge < -0.3 is 4.90 Å². The van der Waals surface area contributed by atoms with Crippen molar-refractivity contribution < 1.29 is 9.18 Å². The Kier molecular flexibility index (Phi) is 6.92. The zero-order valence-corrected chi connectivity index (χ0v) is 21.3. The highest BCUT2D eigenvalue weighted by Gasteiger charge is 2.20. The zero-order chi connectivity index (χ0) is 25.2. The van der Waals surface area contributed by atoms with E-state index in [0.29, 0.717) is 32.9 Å². The van der Waals surface area contributed by atoms with Gasteiger partial charge in [-0.05, 0) is 86.2 Å². The summed E-state index contributed by atoms with van der Waals surface area (Å²) in [6.07, 6.45) is 3.16. The molecule has 0 radical (unpaired) electrons. The number of aryl methyl sites for hydroxylation is 2. The third-order valence-electron chi connectivity index (χ3n) is 6.51. The number of aromatic nitrogens is 2. The number of carbonyl (C=O) groups excluding carboxylic acids is 1. The van der Waals surface area contributed by atoms with Crippen LogP contribution in [0.1, 0.15) is 46.3 Å². The lowest BCUT2D eigenvalue weighted by Gasteiger charge is -2.26. The van der Waals surface area contributed by atoms with Gasteiger partial charge in [0.15, 0.2) is 5.16 Å². The number of halogens is 1. The highest BCUT2D eigenvalue weighted by Crippen LogP contribution is 2.27. The summed E-state index contributed by atoms with van der Waals surface area (Å²) in [6, 6.07) is 17.7. The molecule has 0 atom stereocenters. The Hall–Kier alpha value is -3.45. The van der Waals surface area contributed by atoms with Crippen LogP contribution in [0.2, 0.25) is 0 Å². The first-order valence-electron chi connectivity index (χ1n) is 12.2. The van der Waals surface area contributed by atoms with Crippen molar-refractivity contribution in [2.75, 3.05) is 13.1 Å². The molecule has 0 aliphatic carbocycles. The standard InChI is InChI=1S/C29H28FN3O2S/c1-19-14-20(2)16-23(15-19)33-28(35)24-11-10-21(27(34)32-12-6-3-7-13-32)17-26(24)31-29(33)36-18-22-8-4-5-9-25(22)30/h4-5,8-11,14-17H,3,6-7,12-13,18H2,1-2H3. The van der Waals surface area contributed by atoms with E-state index in [4.69, 9.17) is 4.98 Å². The van der Waals surface area contributed by atoms with Crippen LogP contribution in [0.15, 0.2) is 70.6 Å². The molecular formula is C29H28FN3O2S. The minimum atomic E-state index is -0.291. The van der Waals surface area contributed by atoms with Crippen LogP contribution in [0.3, 0.4) is 0 Å². The maximum absolute atomic E-state index is 14.3. The summed E-state index contributed by atoms with van der Waals surface area (Å²) in [7, 11) is 0. The number of thioether (sulfide) groups is 1. The minimum Gasteiger partial charge on any atom is -0.339 e. The molecule has 1 aliphatic rings. The summed E-state index contributed by atoms with van der Waals surface area (Å²) in [5.41, 5.74) is 4.12. The lowest BCUT2D eigenvalue weighted by molar-refractivity contribution is 0.0724. The number of hydrogen-bond acceptors (Lipinski definition) is 4. The average Bonchev–Trinajstić information content (AvgIpc) is 2.87. The topological polar surface area (TPSA) is 55.2 Å². The van der Waals surface area contributed by atoms with E-state index in [1.807, 2.05) is 36.9 Å². The van der Waals surface area contributed by atoms with Crippen LogP contribution in [0.4, 0.5) is 4.39 Å². The Balaban J connectivity index is 1.62. The fourth-order valence-corrected chi connectivity index (χ4v) is 5.74. The second-order valence-electron chi connectivity index (χ2n) is 9.35. The molecule has 1 aromatic heterocycles. The summed E-state index contributed by atoms with van der Waals surface area (Å²) in [6.45, 7) is 5.48. The monoisotopic (exact) mass is 501 g/mol. The highest BCUT2D eigenvalue weighted by atomic mass is 32.2. The van der Waals surface area contributed by atoms with Crippen molar-refractivity contribution in [3.63, 3.8) is 0 Å². The molecule has 5 rings (SSSR count). The quantitative estimate of drug-likeness (QED) is 0.246. The molecule has 3 aromatic carbocycles. The van der Waals surface area contributed by atoms with Gasteiger partial charge in [-0.2, -0.15) is 0 Å². The number of carbonyl (C=O) groups is 1. The molecule has 36 heavy (non-hydrogen) atoms. The molecule has 0 N–H and O–H groups in total. The maximum Gasteiger partial charge on any atom is 0.266 e. The molecule has 5 nitrogen and oxygen atoms in total. The van der Waals surface area contributed by atoms with E-state index >= 15 is 0 Å². The van der Waals surface area contributed by atoms with Crippen molar-refractivity contribution in [1.29, 1.82) is 0 Å². The van der Waals surface area contributed by atoms with Crippen LogP contribution >= 0.6 is 11.8 Å². The second kappa shape index (κ2) is 10.3. The van der Waals surface area contributed by atoms with Crippen LogP contribution < -0.4 is 5.56 Å². The highest BCUT2D eigenvalue weighted by molar-refractivity contribution is 7.98. The molecule has 1 saturated heterocycles. The lowest BCUT2D eigenvalue weighted by atomic mass is 10.1. The van der Waals surface area contributed by atoms with Crippen molar-refractivity contribution >= 4 is 28.6 Å². The van der Waals surface area contributed by atoms with Gasteiger partial charge in [-0.25, -0.2) is 9.37 Å². The Bertz CT molecular complexity index is 1490. The molecule has 1 amide bonds. The summed E-state index contributed by atoms with van der Waals surface area (Å²) in [4.78, 5) is 33.6. The molecule has 1 fully saturated rings. The lowest BCUT2D eigenvalue weighted by Crippen LogP contribution is -2.35. The summed E-state index contributed by atoms with van der Waals surface area (Å²) in [5, 5.41) is 0.905. The van der Waals surface area contributed by atoms with Gasteiger partial charge in [-0.3, -0.25) is 14.2 Å². The largest absolute Gasteiger partial charge is 0.339 e. The van der Waals surface area contributed by atoms with Crippen LogP contribution in [0.25, 0.3) is 16.6 Å². The minimum absolute atomic E-state index is 0.0301. The van der Waals surface area contributed by atoms with Gasteiger partial charge in [0.25, 0.3) is 11.5 Å². The van der Waals surface area contributed by atoms with Gasteiger partial charge >= 0.3 is 0 Å². The van der Waals surface area contributed by atoms with E-state index in [9.17, 15) is 14.0 Å². The molecule has 1 aliphatic heterocycles. The van der Waals surface area contributed by atoms with Crippen LogP contribution in [0, 0.1) is 19.7 Å². The smallest absolute Gasteiger partial charge is 0.266 e. The molecule has 184 valence electrons. The number of piperidine rings is 1. The fraction of sp³-hybridized carbons (Fsp3) is 0.276. The van der Waals surface area contributed by atoms with Gasteiger partial charge in [-0.15, -0.1) is 0 Å². The van der Waals surface area contributed by atoms with E-state index in [2.05, 4.69) is 0 Å². The molecule has 7 heteroatoms. The van der Waals surface area contributed by atoms with Gasteiger partial charge in [0.2, 0.25) is 0 Å². The second-order valence-corrected chi connectivity index (χ2v) is 10.3. The molecule has 0 spiro atoms. The van der Waals surface area contributed by atoms with Gasteiger partial charge in [0, 0.05) is 24.4 Å². The van der Waals surface area contributed by atoms with Crippen molar-refractivity contribution in [2.45, 2.75) is 44.0 Å². The van der Waals surface area contributed by atoms with Crippen molar-refractivity contribution in [3.8, 4) is 5.69 Å². The number of fused-ring (bicyclic) bond motifs is 1. The Morgan fingerprint density at radius 1 is 0.972 bits per heavy atom. The van der Waals surface area contributed by atoms with E-state index in [0.717, 1.165) is 49.2 Å². The average molecular weight is 502 g/mol. The maximum atomic E-state index is 14.3. The predicted molar refractivity (Wildman–Crippen MR) is 143 cm³/mol. The van der Waals surface area contributed by atoms with Gasteiger partial charge in [0.1, 0.15) is 5.82 Å². The number of nitrogens with zero attached hydrogens (tertiary/aromatic N) is 3. The molecule has 0 bridgehead atoms. The van der Waals surface area contributed by atoms with Gasteiger partial charge in [-0.1, -0.05) is 36.0 Å². The first kappa shape index (κ1) is 24.3. The summed E-state index contributed by atoms with van der Waals surface area (Å²) < 4.78 is 15.9. The SMILES string of the molecule is Cc1cc(C)cc(-n2c(SCc3ccccc3F)nc3cc(C(=O)N4CCCCC4)ccc3c2=O)c1. The van der Waals surface area contributed by atoms with Crippen molar-refractivity contribution in [2.24, 2.45) is 0 Å². The summed E-state index contributed by atoms with van der Waals surface area (Å²) in [5.74, 6) is -0.0000977. The van der Waals surface area contributed by atoms with E-state index in [1.54, 1.807) is 41.0 Å². The number of amides is 1. The van der Waals surface area contributed by atoms with Crippen LogP contribution in [-0.4, -0.2) is 33.4 Å². The van der Waals surface area contributed by atoms with Crippen LogP contribution in [0.5, 0.6) is 0 Å². The van der Waals surface area contributed by atoms with E-state index in [1.165, 1.54) is 17.8 Å². The third-order valence-corrected chi connectivity index (χ3v) is 7.50. The molecule has 4 aromatic rings. The van der Waals surface area contributed by atoms with Gasteiger partial charge in [0.05, 0.1) is 16.6 Å². The normalized spacial score (nSPS) is 13.8. The molecule has 0 saturated carbocycles. The zero-order valence-electron chi connectivity index (χ0n) is 20.5. The Morgan fingerprint density at radius 2 is 1.69 bits per heavy atom.